The van der Waals surface area contributed by atoms with Crippen molar-refractivity contribution in [3.05, 3.63) is 58.7 Å². The molecule has 1 aliphatic carbocycles. The van der Waals surface area contributed by atoms with Gasteiger partial charge in [0.25, 0.3) is 0 Å². The molecule has 1 saturated carbocycles. The van der Waals surface area contributed by atoms with Crippen LogP contribution in [0.2, 0.25) is 0 Å². The largest absolute Gasteiger partial charge is 0.507 e. The van der Waals surface area contributed by atoms with Crippen molar-refractivity contribution in [2.24, 2.45) is 0 Å². The van der Waals surface area contributed by atoms with Crippen LogP contribution in [-0.4, -0.2) is 22.3 Å². The van der Waals surface area contributed by atoms with Gasteiger partial charge in [0.15, 0.2) is 0 Å². The Hall–Kier alpha value is -2.04. The number of rotatable bonds is 8. The Bertz CT molecular complexity index is 710. The van der Waals surface area contributed by atoms with Gasteiger partial charge in [0.05, 0.1) is 0 Å². The number of hydrogen-bond donors (Lipinski definition) is 4. The van der Waals surface area contributed by atoms with Crippen molar-refractivity contribution in [2.75, 3.05) is 0 Å². The molecule has 2 aromatic carbocycles. The van der Waals surface area contributed by atoms with E-state index in [0.717, 1.165) is 47.9 Å². The van der Waals surface area contributed by atoms with Crippen LogP contribution in [-0.2, 0) is 25.9 Å². The summed E-state index contributed by atoms with van der Waals surface area (Å²) >= 11 is 0. The van der Waals surface area contributed by atoms with Crippen LogP contribution < -0.4 is 10.6 Å². The summed E-state index contributed by atoms with van der Waals surface area (Å²) < 4.78 is 0. The minimum Gasteiger partial charge on any atom is -0.507 e. The molecule has 0 aliphatic heterocycles. The third kappa shape index (κ3) is 4.86. The fourth-order valence-electron chi connectivity index (χ4n) is 4.25. The van der Waals surface area contributed by atoms with E-state index in [4.69, 9.17) is 0 Å². The molecule has 0 aromatic heterocycles. The summed E-state index contributed by atoms with van der Waals surface area (Å²) in [6.07, 6.45) is 6.40. The van der Waals surface area contributed by atoms with Gasteiger partial charge >= 0.3 is 0 Å². The number of para-hydroxylation sites is 2. The van der Waals surface area contributed by atoms with Crippen molar-refractivity contribution in [3.63, 3.8) is 0 Å². The zero-order chi connectivity index (χ0) is 19.9. The minimum atomic E-state index is 0.370. The molecule has 3 rings (SSSR count). The van der Waals surface area contributed by atoms with Gasteiger partial charge in [0.2, 0.25) is 0 Å². The van der Waals surface area contributed by atoms with E-state index in [-0.39, 0.29) is 0 Å². The smallest absolute Gasteiger partial charge is 0.123 e. The fourth-order valence-corrected chi connectivity index (χ4v) is 4.25. The number of aryl methyl sites for hydroxylation is 2. The highest BCUT2D eigenvalue weighted by Crippen LogP contribution is 2.26. The molecule has 4 heteroatoms. The molecular weight excluding hydrogens is 348 g/mol. The van der Waals surface area contributed by atoms with E-state index < -0.39 is 0 Å². The van der Waals surface area contributed by atoms with Gasteiger partial charge in [0, 0.05) is 36.3 Å². The van der Waals surface area contributed by atoms with Crippen LogP contribution in [0.15, 0.2) is 36.4 Å². The molecule has 0 heterocycles. The molecule has 28 heavy (non-hydrogen) atoms. The second kappa shape index (κ2) is 9.94. The molecule has 4 nitrogen and oxygen atoms in total. The number of aromatic hydroxyl groups is 2. The summed E-state index contributed by atoms with van der Waals surface area (Å²) in [5, 5.41) is 28.2. The zero-order valence-electron chi connectivity index (χ0n) is 17.2. The van der Waals surface area contributed by atoms with Gasteiger partial charge in [-0.05, 0) is 36.8 Å². The first-order valence-electron chi connectivity index (χ1n) is 10.7. The SMILES string of the molecule is CCc1cccc(CN[C@@H]2CCCC[C@H]2NCc2cccc(CC)c2O)c1O. The lowest BCUT2D eigenvalue weighted by Gasteiger charge is -2.33. The summed E-state index contributed by atoms with van der Waals surface area (Å²) in [7, 11) is 0. The van der Waals surface area contributed by atoms with E-state index in [1.807, 2.05) is 36.4 Å². The molecule has 2 atom stereocenters. The summed E-state index contributed by atoms with van der Waals surface area (Å²) in [5.74, 6) is 0.859. The van der Waals surface area contributed by atoms with Crippen molar-refractivity contribution in [2.45, 2.75) is 77.5 Å². The molecule has 0 saturated heterocycles. The first-order valence-corrected chi connectivity index (χ1v) is 10.7. The standard InChI is InChI=1S/C24H34N2O2/c1-3-17-9-7-11-19(23(17)27)15-25-21-13-5-6-14-22(21)26-16-20-12-8-10-18(4-2)24(20)28/h7-12,21-22,25-28H,3-6,13-16H2,1-2H3/t21-,22-/m1/s1. The molecule has 0 spiro atoms. The average Bonchev–Trinajstić information content (AvgIpc) is 2.73. The first kappa shape index (κ1) is 20.7. The second-order valence-corrected chi connectivity index (χ2v) is 7.82. The minimum absolute atomic E-state index is 0.370. The van der Waals surface area contributed by atoms with Crippen molar-refractivity contribution < 1.29 is 10.2 Å². The maximum atomic E-state index is 10.4. The van der Waals surface area contributed by atoms with Crippen LogP contribution in [0.5, 0.6) is 11.5 Å². The summed E-state index contributed by atoms with van der Waals surface area (Å²) in [6, 6.07) is 12.8. The van der Waals surface area contributed by atoms with Crippen LogP contribution in [0, 0.1) is 0 Å². The number of hydrogen-bond acceptors (Lipinski definition) is 4. The van der Waals surface area contributed by atoms with E-state index in [1.54, 1.807) is 0 Å². The lowest BCUT2D eigenvalue weighted by atomic mass is 9.89. The summed E-state index contributed by atoms with van der Waals surface area (Å²) in [5.41, 5.74) is 3.95. The lowest BCUT2D eigenvalue weighted by Crippen LogP contribution is -2.49. The number of phenolic OH excluding ortho intramolecular Hbond substituents is 2. The Labute approximate surface area is 169 Å². The maximum absolute atomic E-state index is 10.4. The Morgan fingerprint density at radius 3 is 1.50 bits per heavy atom. The summed E-state index contributed by atoms with van der Waals surface area (Å²) in [6.45, 7) is 5.49. The van der Waals surface area contributed by atoms with Gasteiger partial charge < -0.3 is 20.8 Å². The first-order chi connectivity index (χ1) is 13.6. The van der Waals surface area contributed by atoms with Crippen LogP contribution in [0.3, 0.4) is 0 Å². The fraction of sp³-hybridized carbons (Fsp3) is 0.500. The van der Waals surface area contributed by atoms with E-state index in [0.29, 0.717) is 36.7 Å². The molecule has 152 valence electrons. The molecule has 1 fully saturated rings. The Morgan fingerprint density at radius 1 is 0.714 bits per heavy atom. The molecule has 4 N–H and O–H groups in total. The number of benzene rings is 2. The second-order valence-electron chi connectivity index (χ2n) is 7.82. The van der Waals surface area contributed by atoms with Crippen molar-refractivity contribution in [3.8, 4) is 11.5 Å². The van der Waals surface area contributed by atoms with Crippen LogP contribution in [0.1, 0.15) is 61.8 Å². The van der Waals surface area contributed by atoms with Gasteiger partial charge in [-0.25, -0.2) is 0 Å². The molecular formula is C24H34N2O2. The van der Waals surface area contributed by atoms with Gasteiger partial charge in [-0.1, -0.05) is 63.1 Å². The molecule has 0 unspecified atom stereocenters. The van der Waals surface area contributed by atoms with Gasteiger partial charge in [-0.3, -0.25) is 0 Å². The predicted octanol–water partition coefficient (Wildman–Crippen LogP) is 4.41. The van der Waals surface area contributed by atoms with E-state index in [1.165, 1.54) is 12.8 Å². The van der Waals surface area contributed by atoms with Crippen LogP contribution in [0.25, 0.3) is 0 Å². The highest BCUT2D eigenvalue weighted by molar-refractivity contribution is 5.41. The van der Waals surface area contributed by atoms with E-state index in [9.17, 15) is 10.2 Å². The normalized spacial score (nSPS) is 19.6. The Morgan fingerprint density at radius 2 is 1.11 bits per heavy atom. The summed E-state index contributed by atoms with van der Waals surface area (Å²) in [4.78, 5) is 0. The average molecular weight is 383 g/mol. The maximum Gasteiger partial charge on any atom is 0.123 e. The molecule has 0 amide bonds. The molecule has 0 radical (unpaired) electrons. The quantitative estimate of drug-likeness (QED) is 0.546. The van der Waals surface area contributed by atoms with Gasteiger partial charge in [-0.15, -0.1) is 0 Å². The Balaban J connectivity index is 1.61. The molecule has 1 aliphatic rings. The Kier molecular flexibility index (Phi) is 7.35. The lowest BCUT2D eigenvalue weighted by molar-refractivity contribution is 0.279. The monoisotopic (exact) mass is 382 g/mol. The third-order valence-corrected chi connectivity index (χ3v) is 6.04. The predicted molar refractivity (Wildman–Crippen MR) is 115 cm³/mol. The van der Waals surface area contributed by atoms with Crippen LogP contribution in [0.4, 0.5) is 0 Å². The molecule has 0 bridgehead atoms. The van der Waals surface area contributed by atoms with Crippen molar-refractivity contribution in [1.29, 1.82) is 0 Å². The van der Waals surface area contributed by atoms with E-state index in [2.05, 4.69) is 24.5 Å². The highest BCUT2D eigenvalue weighted by Gasteiger charge is 2.25. The van der Waals surface area contributed by atoms with Gasteiger partial charge in [0.1, 0.15) is 11.5 Å². The van der Waals surface area contributed by atoms with Crippen molar-refractivity contribution >= 4 is 0 Å². The topological polar surface area (TPSA) is 64.5 Å². The van der Waals surface area contributed by atoms with Crippen LogP contribution >= 0.6 is 0 Å². The highest BCUT2D eigenvalue weighted by atomic mass is 16.3. The zero-order valence-corrected chi connectivity index (χ0v) is 17.2. The van der Waals surface area contributed by atoms with Crippen molar-refractivity contribution in [1.82, 2.24) is 10.6 Å². The van der Waals surface area contributed by atoms with E-state index >= 15 is 0 Å². The number of nitrogens with one attached hydrogen (secondary N) is 2. The third-order valence-electron chi connectivity index (χ3n) is 6.04. The van der Waals surface area contributed by atoms with Gasteiger partial charge in [-0.2, -0.15) is 0 Å². The molecule has 2 aromatic rings. The number of phenols is 2.